The molecule has 1 N–H and O–H groups in total. The smallest absolute Gasteiger partial charge is 0.266 e. The van der Waals surface area contributed by atoms with Crippen LogP contribution in [0.2, 0.25) is 5.02 Å². The first-order valence-electron chi connectivity index (χ1n) is 10.2. The molecule has 2 amide bonds. The Morgan fingerprint density at radius 3 is 2.72 bits per heavy atom. The molecule has 1 saturated heterocycles. The van der Waals surface area contributed by atoms with Crippen LogP contribution in [-0.2, 0) is 9.59 Å². The van der Waals surface area contributed by atoms with E-state index in [0.29, 0.717) is 38.7 Å². The number of nitrogens with zero attached hydrogens (tertiary/aromatic N) is 1. The number of rotatable bonds is 8. The average Bonchev–Trinajstić information content (AvgIpc) is 3.34. The van der Waals surface area contributed by atoms with Gasteiger partial charge in [0.25, 0.3) is 5.91 Å². The minimum Gasteiger partial charge on any atom is -0.454 e. The van der Waals surface area contributed by atoms with Crippen LogP contribution in [0.1, 0.15) is 31.2 Å². The van der Waals surface area contributed by atoms with Crippen LogP contribution in [0.3, 0.4) is 0 Å². The number of carbonyl (C=O) groups is 2. The van der Waals surface area contributed by atoms with Gasteiger partial charge in [0.05, 0.1) is 4.91 Å². The lowest BCUT2D eigenvalue weighted by Gasteiger charge is -2.14. The van der Waals surface area contributed by atoms with Crippen LogP contribution >= 0.6 is 35.6 Å². The van der Waals surface area contributed by atoms with Gasteiger partial charge < -0.3 is 14.8 Å². The number of carbonyl (C=O) groups excluding carboxylic acids is 2. The van der Waals surface area contributed by atoms with Gasteiger partial charge in [-0.1, -0.05) is 48.1 Å². The molecular formula is C23H21ClN2O4S2. The van der Waals surface area contributed by atoms with Crippen LogP contribution in [0.15, 0.2) is 47.4 Å². The summed E-state index contributed by atoms with van der Waals surface area (Å²) in [6.45, 7) is 0.756. The number of benzene rings is 2. The quantitative estimate of drug-likeness (QED) is 0.302. The lowest BCUT2D eigenvalue weighted by atomic mass is 10.1. The predicted octanol–water partition coefficient (Wildman–Crippen LogP) is 5.47. The molecule has 2 heterocycles. The maximum absolute atomic E-state index is 12.8. The number of fused-ring (bicyclic) bond motifs is 1. The van der Waals surface area contributed by atoms with Crippen molar-refractivity contribution in [1.29, 1.82) is 0 Å². The molecule has 0 radical (unpaired) electrons. The Hall–Kier alpha value is -2.55. The van der Waals surface area contributed by atoms with E-state index >= 15 is 0 Å². The highest BCUT2D eigenvalue weighted by molar-refractivity contribution is 8.26. The van der Waals surface area contributed by atoms with Gasteiger partial charge in [-0.3, -0.25) is 14.5 Å². The summed E-state index contributed by atoms with van der Waals surface area (Å²) in [4.78, 5) is 27.0. The zero-order chi connectivity index (χ0) is 22.5. The van der Waals surface area contributed by atoms with Gasteiger partial charge in [-0.25, -0.2) is 0 Å². The van der Waals surface area contributed by atoms with Crippen LogP contribution in [0.4, 0.5) is 5.69 Å². The third-order valence-electron chi connectivity index (χ3n) is 4.98. The second-order valence-electron chi connectivity index (χ2n) is 7.31. The molecule has 2 aromatic carbocycles. The van der Waals surface area contributed by atoms with Crippen LogP contribution in [-0.4, -0.2) is 34.4 Å². The average molecular weight is 489 g/mol. The van der Waals surface area contributed by atoms with E-state index in [4.69, 9.17) is 33.3 Å². The van der Waals surface area contributed by atoms with E-state index in [1.807, 2.05) is 24.3 Å². The molecule has 0 spiro atoms. The zero-order valence-electron chi connectivity index (χ0n) is 17.1. The van der Waals surface area contributed by atoms with E-state index in [1.54, 1.807) is 29.2 Å². The molecular weight excluding hydrogens is 468 g/mol. The summed E-state index contributed by atoms with van der Waals surface area (Å²) in [5.41, 5.74) is 1.59. The predicted molar refractivity (Wildman–Crippen MR) is 131 cm³/mol. The van der Waals surface area contributed by atoms with Crippen LogP contribution in [0, 0.1) is 0 Å². The van der Waals surface area contributed by atoms with Gasteiger partial charge in [0.1, 0.15) is 4.32 Å². The molecule has 9 heteroatoms. The van der Waals surface area contributed by atoms with Gasteiger partial charge in [0.15, 0.2) is 11.5 Å². The minimum absolute atomic E-state index is 0.0374. The number of thiocarbonyl (C=S) groups is 1. The van der Waals surface area contributed by atoms with Crippen LogP contribution in [0.25, 0.3) is 6.08 Å². The molecule has 0 aliphatic carbocycles. The number of unbranched alkanes of at least 4 members (excludes halogenated alkanes) is 2. The van der Waals surface area contributed by atoms with E-state index in [1.165, 1.54) is 11.8 Å². The first-order valence-corrected chi connectivity index (χ1v) is 11.8. The zero-order valence-corrected chi connectivity index (χ0v) is 19.5. The molecule has 2 aliphatic rings. The number of hydrogen-bond donors (Lipinski definition) is 1. The monoisotopic (exact) mass is 488 g/mol. The van der Waals surface area contributed by atoms with Crippen molar-refractivity contribution in [3.63, 3.8) is 0 Å². The Bertz CT molecular complexity index is 1070. The molecule has 0 saturated carbocycles. The summed E-state index contributed by atoms with van der Waals surface area (Å²) in [5.74, 6) is 1.26. The topological polar surface area (TPSA) is 67.9 Å². The normalized spacial score (nSPS) is 16.2. The number of amides is 2. The highest BCUT2D eigenvalue weighted by Crippen LogP contribution is 2.36. The number of thioether (sulfide) groups is 1. The van der Waals surface area contributed by atoms with E-state index < -0.39 is 0 Å². The number of hydrogen-bond acceptors (Lipinski definition) is 6. The van der Waals surface area contributed by atoms with Crippen molar-refractivity contribution in [1.82, 2.24) is 4.90 Å². The second-order valence-corrected chi connectivity index (χ2v) is 9.42. The van der Waals surface area contributed by atoms with Crippen molar-refractivity contribution >= 4 is 63.5 Å². The third-order valence-corrected chi connectivity index (χ3v) is 6.61. The number of ether oxygens (including phenoxy) is 2. The molecule has 2 aromatic rings. The second kappa shape index (κ2) is 10.4. The molecule has 2 aliphatic heterocycles. The molecule has 0 unspecified atom stereocenters. The van der Waals surface area contributed by atoms with E-state index in [2.05, 4.69) is 5.32 Å². The van der Waals surface area contributed by atoms with Gasteiger partial charge in [-0.05, 0) is 60.9 Å². The summed E-state index contributed by atoms with van der Waals surface area (Å²) in [5, 5.41) is 3.48. The van der Waals surface area contributed by atoms with Gasteiger partial charge in [0.2, 0.25) is 12.7 Å². The maximum Gasteiger partial charge on any atom is 0.266 e. The third kappa shape index (κ3) is 5.62. The van der Waals surface area contributed by atoms with Gasteiger partial charge in [-0.2, -0.15) is 0 Å². The standard InChI is InChI=1S/C23H21ClN2O4S2/c24-16-6-8-17(9-7-16)25-21(27)4-2-1-3-11-26-22(28)20(32-23(26)31)13-15-5-10-18-19(12-15)30-14-29-18/h5-10,12-13H,1-4,11,14H2,(H,25,27). The highest BCUT2D eigenvalue weighted by Gasteiger charge is 2.31. The van der Waals surface area contributed by atoms with Crippen molar-refractivity contribution in [3.8, 4) is 11.5 Å². The largest absolute Gasteiger partial charge is 0.454 e. The summed E-state index contributed by atoms with van der Waals surface area (Å²) in [6, 6.07) is 12.6. The number of anilines is 1. The Morgan fingerprint density at radius 2 is 1.91 bits per heavy atom. The van der Waals surface area contributed by atoms with Crippen molar-refractivity contribution in [3.05, 3.63) is 58.0 Å². The van der Waals surface area contributed by atoms with Gasteiger partial charge in [-0.15, -0.1) is 0 Å². The van der Waals surface area contributed by atoms with E-state index in [9.17, 15) is 9.59 Å². The summed E-state index contributed by atoms with van der Waals surface area (Å²) < 4.78 is 11.3. The summed E-state index contributed by atoms with van der Waals surface area (Å²) in [7, 11) is 0. The summed E-state index contributed by atoms with van der Waals surface area (Å²) >= 11 is 12.6. The van der Waals surface area contributed by atoms with E-state index in [0.717, 1.165) is 30.5 Å². The van der Waals surface area contributed by atoms with Gasteiger partial charge in [0, 0.05) is 23.7 Å². The fourth-order valence-electron chi connectivity index (χ4n) is 3.34. The molecule has 166 valence electrons. The molecule has 0 aromatic heterocycles. The first-order chi connectivity index (χ1) is 15.5. The van der Waals surface area contributed by atoms with Crippen LogP contribution < -0.4 is 14.8 Å². The first kappa shape index (κ1) is 22.6. The Kier molecular flexibility index (Phi) is 7.34. The Balaban J connectivity index is 1.22. The molecule has 32 heavy (non-hydrogen) atoms. The number of nitrogens with one attached hydrogen (secondary N) is 1. The summed E-state index contributed by atoms with van der Waals surface area (Å²) in [6.07, 6.45) is 4.58. The van der Waals surface area contributed by atoms with E-state index in [-0.39, 0.29) is 18.6 Å². The van der Waals surface area contributed by atoms with Gasteiger partial charge >= 0.3 is 0 Å². The number of halogens is 1. The molecule has 1 fully saturated rings. The lowest BCUT2D eigenvalue weighted by molar-refractivity contribution is -0.122. The lowest BCUT2D eigenvalue weighted by Crippen LogP contribution is -2.29. The fraction of sp³-hybridized carbons (Fsp3) is 0.261. The molecule has 0 bridgehead atoms. The van der Waals surface area contributed by atoms with Crippen LogP contribution in [0.5, 0.6) is 11.5 Å². The molecule has 6 nitrogen and oxygen atoms in total. The SMILES string of the molecule is O=C(CCCCCN1C(=O)C(=Cc2ccc3c(c2)OCO3)SC1=S)Nc1ccc(Cl)cc1. The maximum atomic E-state index is 12.8. The molecule has 4 rings (SSSR count). The molecule has 0 atom stereocenters. The van der Waals surface area contributed by atoms with Crippen molar-refractivity contribution < 1.29 is 19.1 Å². The Morgan fingerprint density at radius 1 is 1.12 bits per heavy atom. The highest BCUT2D eigenvalue weighted by atomic mass is 35.5. The van der Waals surface area contributed by atoms with Crippen molar-refractivity contribution in [2.45, 2.75) is 25.7 Å². The minimum atomic E-state index is -0.0850. The van der Waals surface area contributed by atoms with Crippen molar-refractivity contribution in [2.24, 2.45) is 0 Å². The fourth-order valence-corrected chi connectivity index (χ4v) is 4.77. The Labute approximate surface area is 200 Å². The van der Waals surface area contributed by atoms with Crippen molar-refractivity contribution in [2.75, 3.05) is 18.7 Å².